The standard InChI is InChI=1S/C15H22N2O2/c18-14-7-13(15(19)17(14)12-3-4-12)16-8-11-6-9-1-2-10(11)5-9/h9-13,16H,1-8H2. The molecule has 2 bridgehead atoms. The van der Waals surface area contributed by atoms with Crippen LogP contribution in [0.15, 0.2) is 0 Å². The summed E-state index contributed by atoms with van der Waals surface area (Å²) in [7, 11) is 0. The first-order valence-electron chi connectivity index (χ1n) is 7.81. The number of rotatable bonds is 4. The molecule has 4 nitrogen and oxygen atoms in total. The monoisotopic (exact) mass is 262 g/mol. The Hall–Kier alpha value is -0.900. The first-order valence-corrected chi connectivity index (χ1v) is 7.81. The Labute approximate surface area is 113 Å². The number of hydrogen-bond donors (Lipinski definition) is 1. The Kier molecular flexibility index (Phi) is 2.69. The highest BCUT2D eigenvalue weighted by Gasteiger charge is 2.46. The lowest BCUT2D eigenvalue weighted by Crippen LogP contribution is -2.42. The average molecular weight is 262 g/mol. The Balaban J connectivity index is 1.33. The number of carbonyl (C=O) groups excluding carboxylic acids is 2. The quantitative estimate of drug-likeness (QED) is 0.777. The van der Waals surface area contributed by atoms with Crippen molar-refractivity contribution >= 4 is 11.8 Å². The molecule has 1 saturated heterocycles. The van der Waals surface area contributed by atoms with Crippen LogP contribution in [0.2, 0.25) is 0 Å². The van der Waals surface area contributed by atoms with Crippen molar-refractivity contribution < 1.29 is 9.59 Å². The molecular weight excluding hydrogens is 240 g/mol. The van der Waals surface area contributed by atoms with Crippen LogP contribution in [0.25, 0.3) is 0 Å². The first kappa shape index (κ1) is 11.9. The molecule has 19 heavy (non-hydrogen) atoms. The maximum atomic E-state index is 12.2. The molecule has 0 radical (unpaired) electrons. The van der Waals surface area contributed by atoms with E-state index in [-0.39, 0.29) is 23.9 Å². The molecule has 4 heteroatoms. The lowest BCUT2D eigenvalue weighted by Gasteiger charge is -2.23. The number of nitrogens with zero attached hydrogens (tertiary/aromatic N) is 1. The second-order valence-electron chi connectivity index (χ2n) is 6.93. The molecule has 0 aromatic heterocycles. The van der Waals surface area contributed by atoms with E-state index in [1.807, 2.05) is 0 Å². The number of nitrogens with one attached hydrogen (secondary N) is 1. The van der Waals surface area contributed by atoms with E-state index in [0.29, 0.717) is 6.42 Å². The Bertz CT molecular complexity index is 418. The van der Waals surface area contributed by atoms with Crippen LogP contribution in [0.4, 0.5) is 0 Å². The second-order valence-corrected chi connectivity index (χ2v) is 6.93. The van der Waals surface area contributed by atoms with Gasteiger partial charge in [-0.1, -0.05) is 6.42 Å². The molecule has 4 unspecified atom stereocenters. The fourth-order valence-electron chi connectivity index (χ4n) is 4.45. The molecule has 0 aromatic carbocycles. The van der Waals surface area contributed by atoms with E-state index in [9.17, 15) is 9.59 Å². The van der Waals surface area contributed by atoms with Gasteiger partial charge in [-0.3, -0.25) is 14.5 Å². The van der Waals surface area contributed by atoms with Crippen LogP contribution in [0, 0.1) is 17.8 Å². The van der Waals surface area contributed by atoms with Crippen molar-refractivity contribution in [2.24, 2.45) is 17.8 Å². The number of fused-ring (bicyclic) bond motifs is 2. The van der Waals surface area contributed by atoms with Crippen molar-refractivity contribution in [3.05, 3.63) is 0 Å². The first-order chi connectivity index (χ1) is 9.22. The molecule has 3 saturated carbocycles. The van der Waals surface area contributed by atoms with Crippen molar-refractivity contribution in [1.29, 1.82) is 0 Å². The summed E-state index contributed by atoms with van der Waals surface area (Å²) in [5.74, 6) is 2.65. The van der Waals surface area contributed by atoms with Crippen molar-refractivity contribution in [3.8, 4) is 0 Å². The number of likely N-dealkylation sites (tertiary alicyclic amines) is 1. The van der Waals surface area contributed by atoms with E-state index in [0.717, 1.165) is 37.1 Å². The zero-order valence-corrected chi connectivity index (χ0v) is 11.3. The van der Waals surface area contributed by atoms with Crippen molar-refractivity contribution in [2.75, 3.05) is 6.54 Å². The topological polar surface area (TPSA) is 49.4 Å². The average Bonchev–Trinajstić information content (AvgIpc) is 2.90. The maximum Gasteiger partial charge on any atom is 0.247 e. The van der Waals surface area contributed by atoms with Gasteiger partial charge in [-0.15, -0.1) is 0 Å². The van der Waals surface area contributed by atoms with Gasteiger partial charge < -0.3 is 5.32 Å². The summed E-state index contributed by atoms with van der Waals surface area (Å²) in [5.41, 5.74) is 0. The third-order valence-corrected chi connectivity index (χ3v) is 5.61. The highest BCUT2D eigenvalue weighted by molar-refractivity contribution is 6.06. The molecule has 1 aliphatic heterocycles. The van der Waals surface area contributed by atoms with Gasteiger partial charge in [0.1, 0.15) is 0 Å². The molecular formula is C15H22N2O2. The van der Waals surface area contributed by atoms with Crippen LogP contribution in [0.1, 0.15) is 44.9 Å². The van der Waals surface area contributed by atoms with Crippen LogP contribution < -0.4 is 5.32 Å². The largest absolute Gasteiger partial charge is 0.305 e. The van der Waals surface area contributed by atoms with Crippen LogP contribution in [0.5, 0.6) is 0 Å². The molecule has 1 N–H and O–H groups in total. The fourth-order valence-corrected chi connectivity index (χ4v) is 4.45. The van der Waals surface area contributed by atoms with Gasteiger partial charge in [-0.05, 0) is 56.4 Å². The minimum absolute atomic E-state index is 0.0376. The fraction of sp³-hybridized carbons (Fsp3) is 0.867. The van der Waals surface area contributed by atoms with Gasteiger partial charge in [0, 0.05) is 6.04 Å². The Morgan fingerprint density at radius 1 is 1.11 bits per heavy atom. The molecule has 4 fully saturated rings. The molecule has 104 valence electrons. The van der Waals surface area contributed by atoms with E-state index in [1.165, 1.54) is 30.6 Å². The minimum Gasteiger partial charge on any atom is -0.305 e. The van der Waals surface area contributed by atoms with Crippen LogP contribution in [-0.4, -0.2) is 35.3 Å². The molecule has 4 aliphatic rings. The molecule has 4 atom stereocenters. The highest BCUT2D eigenvalue weighted by atomic mass is 16.2. The zero-order valence-electron chi connectivity index (χ0n) is 11.3. The van der Waals surface area contributed by atoms with Gasteiger partial charge in [0.15, 0.2) is 0 Å². The number of amides is 2. The lowest BCUT2D eigenvalue weighted by atomic mass is 9.88. The Morgan fingerprint density at radius 2 is 1.95 bits per heavy atom. The molecule has 3 aliphatic carbocycles. The molecule has 0 aromatic rings. The summed E-state index contributed by atoms with van der Waals surface area (Å²) in [6.45, 7) is 0.934. The summed E-state index contributed by atoms with van der Waals surface area (Å²) < 4.78 is 0. The number of hydrogen-bond acceptors (Lipinski definition) is 3. The van der Waals surface area contributed by atoms with Gasteiger partial charge >= 0.3 is 0 Å². The van der Waals surface area contributed by atoms with E-state index < -0.39 is 0 Å². The summed E-state index contributed by atoms with van der Waals surface area (Å²) in [4.78, 5) is 25.6. The molecule has 1 heterocycles. The van der Waals surface area contributed by atoms with Gasteiger partial charge in [0.25, 0.3) is 0 Å². The lowest BCUT2D eigenvalue weighted by molar-refractivity contribution is -0.139. The van der Waals surface area contributed by atoms with Crippen LogP contribution >= 0.6 is 0 Å². The van der Waals surface area contributed by atoms with E-state index in [4.69, 9.17) is 0 Å². The summed E-state index contributed by atoms with van der Waals surface area (Å²) in [6, 6.07) is 0.00141. The molecule has 4 rings (SSSR count). The number of imide groups is 1. The van der Waals surface area contributed by atoms with E-state index >= 15 is 0 Å². The summed E-state index contributed by atoms with van der Waals surface area (Å²) in [6.07, 6.45) is 7.93. The zero-order chi connectivity index (χ0) is 13.0. The highest BCUT2D eigenvalue weighted by Crippen LogP contribution is 2.48. The van der Waals surface area contributed by atoms with Gasteiger partial charge in [-0.2, -0.15) is 0 Å². The minimum atomic E-state index is -0.229. The van der Waals surface area contributed by atoms with Crippen molar-refractivity contribution in [3.63, 3.8) is 0 Å². The van der Waals surface area contributed by atoms with Crippen LogP contribution in [0.3, 0.4) is 0 Å². The van der Waals surface area contributed by atoms with Gasteiger partial charge in [0.05, 0.1) is 12.5 Å². The maximum absolute atomic E-state index is 12.2. The third-order valence-electron chi connectivity index (χ3n) is 5.61. The van der Waals surface area contributed by atoms with Crippen molar-refractivity contribution in [1.82, 2.24) is 10.2 Å². The number of carbonyl (C=O) groups is 2. The summed E-state index contributed by atoms with van der Waals surface area (Å²) >= 11 is 0. The molecule has 2 amide bonds. The predicted octanol–water partition coefficient (Wildman–Crippen LogP) is 1.30. The smallest absolute Gasteiger partial charge is 0.247 e. The van der Waals surface area contributed by atoms with Gasteiger partial charge in [0.2, 0.25) is 11.8 Å². The third kappa shape index (κ3) is 2.00. The van der Waals surface area contributed by atoms with Crippen LogP contribution in [-0.2, 0) is 9.59 Å². The van der Waals surface area contributed by atoms with E-state index in [2.05, 4.69) is 5.32 Å². The molecule has 0 spiro atoms. The second kappa shape index (κ2) is 4.30. The normalized spacial score (nSPS) is 41.6. The van der Waals surface area contributed by atoms with E-state index in [1.54, 1.807) is 0 Å². The predicted molar refractivity (Wildman–Crippen MR) is 70.2 cm³/mol. The van der Waals surface area contributed by atoms with Crippen molar-refractivity contribution in [2.45, 2.75) is 57.0 Å². The summed E-state index contributed by atoms with van der Waals surface area (Å²) in [5, 5.41) is 3.39. The Morgan fingerprint density at radius 3 is 2.58 bits per heavy atom. The van der Waals surface area contributed by atoms with Gasteiger partial charge in [-0.25, -0.2) is 0 Å². The SMILES string of the molecule is O=C1CC(NCC2CC3CCC2C3)C(=O)N1C1CC1.